The fraction of sp³-hybridized carbons (Fsp3) is 0.786. The number of Topliss-reactive ketones (excluding diaryl/α,β-unsaturated/α-hetero) is 1. The van der Waals surface area contributed by atoms with Crippen LogP contribution < -0.4 is 0 Å². The summed E-state index contributed by atoms with van der Waals surface area (Å²) in [5.74, 6) is 0.882. The lowest BCUT2D eigenvalue weighted by atomic mass is 9.46. The van der Waals surface area contributed by atoms with Crippen molar-refractivity contribution < 1.29 is 24.5 Å². The van der Waals surface area contributed by atoms with Gasteiger partial charge in [-0.3, -0.25) is 4.79 Å². The Hall–Kier alpha value is -0.760. The first-order chi connectivity index (χ1) is 16.7. The summed E-state index contributed by atoms with van der Waals surface area (Å²) in [6.45, 7) is 8.79. The minimum atomic E-state index is -0.528. The summed E-state index contributed by atoms with van der Waals surface area (Å²) in [4.78, 5) is 25.6. The van der Waals surface area contributed by atoms with E-state index in [9.17, 15) is 19.8 Å². The minimum absolute atomic E-state index is 0.0319. The Morgan fingerprint density at radius 2 is 2.06 bits per heavy atom. The molecule has 0 aromatic heterocycles. The molecule has 0 radical (unpaired) electrons. The number of allylic oxidation sites excluding steroid dienone is 2. The first kappa shape index (κ1) is 27.3. The van der Waals surface area contributed by atoms with Gasteiger partial charge in [-0.05, 0) is 68.6 Å². The van der Waals surface area contributed by atoms with Crippen molar-refractivity contribution in [3.05, 3.63) is 23.8 Å². The fourth-order valence-corrected chi connectivity index (χ4v) is 10.3. The van der Waals surface area contributed by atoms with Crippen LogP contribution in [0.25, 0.3) is 0 Å². The number of hydrogen-bond acceptors (Lipinski definition) is 7. The molecular formula is C28H42O5S2. The van der Waals surface area contributed by atoms with Crippen LogP contribution >= 0.6 is 21.6 Å². The number of rotatable bonds is 9. The zero-order valence-electron chi connectivity index (χ0n) is 21.3. The second-order valence-corrected chi connectivity index (χ2v) is 14.4. The predicted octanol–water partition coefficient (Wildman–Crippen LogP) is 5.50. The van der Waals surface area contributed by atoms with E-state index >= 15 is 0 Å². The number of fused-ring (bicyclic) bond motifs is 1. The smallest absolute Gasteiger partial charge is 0.334 e. The van der Waals surface area contributed by atoms with E-state index in [1.165, 1.54) is 24.2 Å². The second kappa shape index (κ2) is 11.3. The van der Waals surface area contributed by atoms with E-state index in [1.807, 2.05) is 34.6 Å². The molecule has 0 amide bonds. The molecule has 0 aromatic carbocycles. The SMILES string of the molecule is C=C1CC[C@@H]2[C@](C)(CO)[C@H](O)CC[C@@]2(C)[C@@H]1C/C=C1/C(=O)OC[C@H]1C(=O)CCCCC1CCSS1. The molecule has 4 aliphatic rings. The molecule has 4 rings (SSSR count). The lowest BCUT2D eigenvalue weighted by molar-refractivity contribution is -0.151. The van der Waals surface area contributed by atoms with Crippen LogP contribution in [0, 0.1) is 28.6 Å². The van der Waals surface area contributed by atoms with Gasteiger partial charge >= 0.3 is 5.97 Å². The first-order valence-corrected chi connectivity index (χ1v) is 15.7. The minimum Gasteiger partial charge on any atom is -0.461 e. The second-order valence-electron chi connectivity index (χ2n) is 11.6. The molecule has 7 heteroatoms. The third-order valence-corrected chi connectivity index (χ3v) is 12.6. The lowest BCUT2D eigenvalue weighted by Crippen LogP contribution is -2.57. The molecule has 0 aromatic rings. The molecule has 5 nitrogen and oxygen atoms in total. The largest absolute Gasteiger partial charge is 0.461 e. The van der Waals surface area contributed by atoms with Gasteiger partial charge in [0.1, 0.15) is 12.4 Å². The number of ether oxygens (including phenoxy) is 1. The Morgan fingerprint density at radius 3 is 2.77 bits per heavy atom. The third-order valence-electron chi connectivity index (χ3n) is 9.57. The number of esters is 1. The molecule has 7 atom stereocenters. The van der Waals surface area contributed by atoms with Gasteiger partial charge in [0.2, 0.25) is 0 Å². The summed E-state index contributed by atoms with van der Waals surface area (Å²) in [6.07, 6.45) is 10.3. The first-order valence-electron chi connectivity index (χ1n) is 13.4. The van der Waals surface area contributed by atoms with Crippen molar-refractivity contribution >= 4 is 33.3 Å². The van der Waals surface area contributed by atoms with Gasteiger partial charge in [-0.2, -0.15) is 0 Å². The topological polar surface area (TPSA) is 83.8 Å². The van der Waals surface area contributed by atoms with Gasteiger partial charge in [0, 0.05) is 28.4 Å². The van der Waals surface area contributed by atoms with Crippen molar-refractivity contribution in [3.63, 3.8) is 0 Å². The number of hydrogen-bond donors (Lipinski definition) is 2. The van der Waals surface area contributed by atoms with Crippen molar-refractivity contribution in [3.8, 4) is 0 Å². The van der Waals surface area contributed by atoms with Gasteiger partial charge in [0.15, 0.2) is 0 Å². The van der Waals surface area contributed by atoms with Crippen molar-refractivity contribution in [1.29, 1.82) is 0 Å². The van der Waals surface area contributed by atoms with Gasteiger partial charge in [-0.15, -0.1) is 0 Å². The summed E-state index contributed by atoms with van der Waals surface area (Å²) in [7, 11) is 3.93. The molecule has 4 fully saturated rings. The average Bonchev–Trinajstić information content (AvgIpc) is 3.49. The number of aliphatic hydroxyl groups is 2. The molecule has 1 unspecified atom stereocenters. The van der Waals surface area contributed by atoms with Crippen molar-refractivity contribution in [1.82, 2.24) is 0 Å². The Labute approximate surface area is 218 Å². The standard InChI is InChI=1S/C28H42O5S2/c1-18-8-11-24-27(2,14-12-25(31)28(24,3)17-29)22(18)10-9-20-21(16-33-26(20)32)23(30)7-5-4-6-19-13-15-34-35-19/h9,19,21-22,24-25,29,31H,1,4-8,10-17H2,2-3H3/b20-9+/t19?,21-,22-,24+,25-,27+,28+/m1/s1. The van der Waals surface area contributed by atoms with E-state index < -0.39 is 17.4 Å². The predicted molar refractivity (Wildman–Crippen MR) is 143 cm³/mol. The van der Waals surface area contributed by atoms with E-state index in [0.717, 1.165) is 37.4 Å². The Kier molecular flexibility index (Phi) is 8.82. The number of carbonyl (C=O) groups is 2. The monoisotopic (exact) mass is 522 g/mol. The van der Waals surface area contributed by atoms with Gasteiger partial charge in [-0.1, -0.05) is 60.1 Å². The molecular weight excluding hydrogens is 480 g/mol. The van der Waals surface area contributed by atoms with Crippen LogP contribution in [-0.2, 0) is 14.3 Å². The lowest BCUT2D eigenvalue weighted by Gasteiger charge is -2.59. The highest BCUT2D eigenvalue weighted by Crippen LogP contribution is 2.61. The Morgan fingerprint density at radius 1 is 1.26 bits per heavy atom. The number of cyclic esters (lactones) is 1. The van der Waals surface area contributed by atoms with Crippen molar-refractivity contribution in [2.24, 2.45) is 28.6 Å². The molecule has 2 aliphatic carbocycles. The molecule has 0 spiro atoms. The van der Waals surface area contributed by atoms with E-state index in [1.54, 1.807) is 0 Å². The summed E-state index contributed by atoms with van der Waals surface area (Å²) in [6, 6.07) is 0. The summed E-state index contributed by atoms with van der Waals surface area (Å²) < 4.78 is 5.33. The average molecular weight is 523 g/mol. The van der Waals surface area contributed by atoms with E-state index in [2.05, 4.69) is 13.5 Å². The number of carbonyl (C=O) groups excluding carboxylic acids is 2. The molecule has 2 saturated carbocycles. The molecule has 2 heterocycles. The Balaban J connectivity index is 1.42. The van der Waals surface area contributed by atoms with Gasteiger partial charge in [0.05, 0.1) is 18.6 Å². The summed E-state index contributed by atoms with van der Waals surface area (Å²) in [5, 5.41) is 21.7. The number of ketones is 1. The van der Waals surface area contributed by atoms with Crippen LogP contribution in [0.2, 0.25) is 0 Å². The van der Waals surface area contributed by atoms with E-state index in [0.29, 0.717) is 24.8 Å². The maximum Gasteiger partial charge on any atom is 0.334 e. The van der Waals surface area contributed by atoms with E-state index in [4.69, 9.17) is 4.74 Å². The molecule has 2 aliphatic heterocycles. The van der Waals surface area contributed by atoms with Crippen LogP contribution in [0.4, 0.5) is 0 Å². The van der Waals surface area contributed by atoms with E-state index in [-0.39, 0.29) is 42.2 Å². The third kappa shape index (κ3) is 5.44. The highest BCUT2D eigenvalue weighted by Gasteiger charge is 2.57. The molecule has 2 saturated heterocycles. The number of aliphatic hydroxyl groups excluding tert-OH is 2. The maximum atomic E-state index is 13.0. The van der Waals surface area contributed by atoms with Crippen LogP contribution in [0.1, 0.15) is 78.1 Å². The van der Waals surface area contributed by atoms with Crippen LogP contribution in [0.3, 0.4) is 0 Å². The zero-order valence-corrected chi connectivity index (χ0v) is 22.9. The Bertz CT molecular complexity index is 850. The van der Waals surface area contributed by atoms with Crippen molar-refractivity contribution in [2.75, 3.05) is 19.0 Å². The highest BCUT2D eigenvalue weighted by atomic mass is 33.1. The van der Waals surface area contributed by atoms with Gasteiger partial charge in [-0.25, -0.2) is 4.79 Å². The molecule has 35 heavy (non-hydrogen) atoms. The van der Waals surface area contributed by atoms with Gasteiger partial charge in [0.25, 0.3) is 0 Å². The van der Waals surface area contributed by atoms with Crippen LogP contribution in [-0.4, -0.2) is 52.3 Å². The quantitative estimate of drug-likeness (QED) is 0.136. The summed E-state index contributed by atoms with van der Waals surface area (Å²) >= 11 is 0. The molecule has 0 bridgehead atoms. The zero-order chi connectivity index (χ0) is 25.2. The normalized spacial score (nSPS) is 40.7. The summed E-state index contributed by atoms with van der Waals surface area (Å²) in [5.41, 5.74) is 1.06. The van der Waals surface area contributed by atoms with Gasteiger partial charge < -0.3 is 14.9 Å². The van der Waals surface area contributed by atoms with Crippen LogP contribution in [0.15, 0.2) is 23.8 Å². The fourth-order valence-electron chi connectivity index (χ4n) is 7.26. The van der Waals surface area contributed by atoms with Crippen molar-refractivity contribution in [2.45, 2.75) is 89.4 Å². The number of unbranched alkanes of at least 4 members (excludes halogenated alkanes) is 1. The maximum absolute atomic E-state index is 13.0. The molecule has 196 valence electrons. The molecule has 2 N–H and O–H groups in total. The van der Waals surface area contributed by atoms with Crippen LogP contribution in [0.5, 0.6) is 0 Å². The highest BCUT2D eigenvalue weighted by molar-refractivity contribution is 8.77.